The van der Waals surface area contributed by atoms with Crippen LogP contribution in [0.1, 0.15) is 6.42 Å². The summed E-state index contributed by atoms with van der Waals surface area (Å²) in [5.74, 6) is -1.44. The summed E-state index contributed by atoms with van der Waals surface area (Å²) in [4.78, 5) is 23.7. The van der Waals surface area contributed by atoms with Crippen LogP contribution >= 0.6 is 0 Å². The van der Waals surface area contributed by atoms with Crippen molar-refractivity contribution in [3.63, 3.8) is 0 Å². The van der Waals surface area contributed by atoms with Gasteiger partial charge in [0.15, 0.2) is 0 Å². The predicted molar refractivity (Wildman–Crippen MR) is 48.3 cm³/mol. The molecule has 1 amide bonds. The third-order valence-corrected chi connectivity index (χ3v) is 2.62. The third kappa shape index (κ3) is 2.10. The predicted octanol–water partition coefficient (Wildman–Crippen LogP) is -0.913. The van der Waals surface area contributed by atoms with E-state index in [1.54, 1.807) is 4.90 Å². The topological polar surface area (TPSA) is 76.1 Å². The van der Waals surface area contributed by atoms with Gasteiger partial charge in [0.25, 0.3) is 0 Å². The van der Waals surface area contributed by atoms with E-state index in [2.05, 4.69) is 0 Å². The molecule has 0 atom stereocenters. The molecular formula is C9H13NO5. The first-order chi connectivity index (χ1) is 7.18. The number of carboxylic acids is 1. The zero-order valence-electron chi connectivity index (χ0n) is 8.22. The van der Waals surface area contributed by atoms with Crippen molar-refractivity contribution < 1.29 is 24.2 Å². The fourth-order valence-corrected chi connectivity index (χ4v) is 2.02. The van der Waals surface area contributed by atoms with Crippen LogP contribution in [0, 0.1) is 0 Å². The molecule has 6 nitrogen and oxygen atoms in total. The van der Waals surface area contributed by atoms with E-state index >= 15 is 0 Å². The Balaban J connectivity index is 2.05. The number of amides is 1. The molecule has 0 aromatic heterocycles. The highest BCUT2D eigenvalue weighted by atomic mass is 16.5. The molecule has 0 radical (unpaired) electrons. The van der Waals surface area contributed by atoms with Gasteiger partial charge in [-0.25, -0.2) is 0 Å². The van der Waals surface area contributed by atoms with E-state index in [9.17, 15) is 9.59 Å². The summed E-state index contributed by atoms with van der Waals surface area (Å²) in [6.45, 7) is 1.73. The minimum Gasteiger partial charge on any atom is -0.481 e. The van der Waals surface area contributed by atoms with Crippen LogP contribution in [-0.4, -0.2) is 60.4 Å². The molecule has 0 saturated carbocycles. The summed E-state index contributed by atoms with van der Waals surface area (Å²) in [5.41, 5.74) is 0. The van der Waals surface area contributed by atoms with E-state index in [0.717, 1.165) is 0 Å². The minimum atomic E-state index is -1.09. The zero-order valence-corrected chi connectivity index (χ0v) is 8.22. The second kappa shape index (κ2) is 4.16. The van der Waals surface area contributed by atoms with Crippen molar-refractivity contribution in [3.05, 3.63) is 0 Å². The van der Waals surface area contributed by atoms with E-state index in [1.165, 1.54) is 0 Å². The van der Waals surface area contributed by atoms with E-state index in [-0.39, 0.29) is 18.0 Å². The lowest BCUT2D eigenvalue weighted by Gasteiger charge is -2.45. The molecule has 0 aromatic rings. The fourth-order valence-electron chi connectivity index (χ4n) is 2.02. The number of ether oxygens (including phenoxy) is 2. The van der Waals surface area contributed by atoms with Gasteiger partial charge < -0.3 is 19.5 Å². The summed E-state index contributed by atoms with van der Waals surface area (Å²) >= 11 is 0. The number of carbonyl (C=O) groups is 2. The largest absolute Gasteiger partial charge is 0.481 e. The number of morpholine rings is 2. The third-order valence-electron chi connectivity index (χ3n) is 2.62. The lowest BCUT2D eigenvalue weighted by molar-refractivity contribution is -0.170. The highest BCUT2D eigenvalue weighted by Gasteiger charge is 2.38. The summed E-state index contributed by atoms with van der Waals surface area (Å²) in [5, 5.41) is 8.57. The van der Waals surface area contributed by atoms with Crippen LogP contribution in [0.3, 0.4) is 0 Å². The van der Waals surface area contributed by atoms with Crippen LogP contribution in [0.5, 0.6) is 0 Å². The number of fused-ring (bicyclic) bond motifs is 2. The normalized spacial score (nSPS) is 30.0. The molecule has 2 bridgehead atoms. The first kappa shape index (κ1) is 10.4. The van der Waals surface area contributed by atoms with Crippen molar-refractivity contribution in [2.45, 2.75) is 18.5 Å². The molecule has 84 valence electrons. The SMILES string of the molecule is O=C(O)CC(=O)N1C2COCC1COC2. The molecular weight excluding hydrogens is 202 g/mol. The number of aliphatic carboxylic acids is 1. The van der Waals surface area contributed by atoms with Gasteiger partial charge in [0.2, 0.25) is 5.91 Å². The van der Waals surface area contributed by atoms with Gasteiger partial charge in [-0.05, 0) is 0 Å². The van der Waals surface area contributed by atoms with Crippen molar-refractivity contribution >= 4 is 11.9 Å². The molecule has 2 rings (SSSR count). The second-order valence-corrected chi connectivity index (χ2v) is 3.75. The maximum atomic E-state index is 11.7. The smallest absolute Gasteiger partial charge is 0.312 e. The first-order valence-electron chi connectivity index (χ1n) is 4.87. The molecule has 1 N–H and O–H groups in total. The molecule has 6 heteroatoms. The Hall–Kier alpha value is -1.14. The Morgan fingerprint density at radius 2 is 1.60 bits per heavy atom. The fraction of sp³-hybridized carbons (Fsp3) is 0.778. The average Bonchev–Trinajstić information content (AvgIpc) is 2.15. The molecule has 0 aliphatic carbocycles. The number of hydrogen-bond donors (Lipinski definition) is 1. The maximum absolute atomic E-state index is 11.7. The van der Waals surface area contributed by atoms with Crippen LogP contribution in [0.15, 0.2) is 0 Å². The van der Waals surface area contributed by atoms with Gasteiger partial charge in [-0.3, -0.25) is 9.59 Å². The number of carbonyl (C=O) groups excluding carboxylic acids is 1. The molecule has 15 heavy (non-hydrogen) atoms. The molecule has 0 spiro atoms. The minimum absolute atomic E-state index is 0.121. The van der Waals surface area contributed by atoms with E-state index < -0.39 is 12.4 Å². The van der Waals surface area contributed by atoms with Gasteiger partial charge in [-0.1, -0.05) is 0 Å². The summed E-state index contributed by atoms with van der Waals surface area (Å²) in [6, 6.07) is -0.242. The molecule has 2 aliphatic rings. The Labute approximate surface area is 86.8 Å². The molecule has 2 saturated heterocycles. The number of carboxylic acid groups (broad SMARTS) is 1. The van der Waals surface area contributed by atoms with E-state index in [4.69, 9.17) is 14.6 Å². The summed E-state index contributed by atoms with van der Waals surface area (Å²) in [6.07, 6.45) is -0.451. The van der Waals surface area contributed by atoms with Crippen molar-refractivity contribution in [1.82, 2.24) is 4.90 Å². The number of rotatable bonds is 2. The van der Waals surface area contributed by atoms with Crippen LogP contribution in [0.2, 0.25) is 0 Å². The molecule has 2 heterocycles. The highest BCUT2D eigenvalue weighted by molar-refractivity contribution is 5.93. The lowest BCUT2D eigenvalue weighted by atomic mass is 10.1. The molecule has 0 aromatic carbocycles. The van der Waals surface area contributed by atoms with Crippen LogP contribution in [-0.2, 0) is 19.1 Å². The highest BCUT2D eigenvalue weighted by Crippen LogP contribution is 2.20. The van der Waals surface area contributed by atoms with E-state index in [1.807, 2.05) is 0 Å². The maximum Gasteiger partial charge on any atom is 0.312 e. The van der Waals surface area contributed by atoms with Crippen LogP contribution in [0.4, 0.5) is 0 Å². The van der Waals surface area contributed by atoms with Crippen LogP contribution < -0.4 is 0 Å². The quantitative estimate of drug-likeness (QED) is 0.603. The average molecular weight is 215 g/mol. The van der Waals surface area contributed by atoms with Gasteiger partial charge in [0, 0.05) is 0 Å². The first-order valence-corrected chi connectivity index (χ1v) is 4.87. The van der Waals surface area contributed by atoms with Gasteiger partial charge in [0.1, 0.15) is 6.42 Å². The Morgan fingerprint density at radius 1 is 1.13 bits per heavy atom. The lowest BCUT2D eigenvalue weighted by Crippen LogP contribution is -2.61. The second-order valence-electron chi connectivity index (χ2n) is 3.75. The summed E-state index contributed by atoms with van der Waals surface area (Å²) < 4.78 is 10.6. The van der Waals surface area contributed by atoms with E-state index in [0.29, 0.717) is 26.4 Å². The van der Waals surface area contributed by atoms with Crippen molar-refractivity contribution in [2.75, 3.05) is 26.4 Å². The van der Waals surface area contributed by atoms with Gasteiger partial charge in [-0.15, -0.1) is 0 Å². The van der Waals surface area contributed by atoms with Crippen molar-refractivity contribution in [2.24, 2.45) is 0 Å². The zero-order chi connectivity index (χ0) is 10.8. The number of nitrogens with zero attached hydrogens (tertiary/aromatic N) is 1. The standard InChI is InChI=1S/C9H13NO5/c11-8(1-9(12)13)10-6-2-14-4-7(10)5-15-3-6/h6-7H,1-5H2,(H,12,13). The summed E-state index contributed by atoms with van der Waals surface area (Å²) in [7, 11) is 0. The van der Waals surface area contributed by atoms with Gasteiger partial charge in [-0.2, -0.15) is 0 Å². The molecule has 2 aliphatic heterocycles. The van der Waals surface area contributed by atoms with Gasteiger partial charge >= 0.3 is 5.97 Å². The monoisotopic (exact) mass is 215 g/mol. The Bertz CT molecular complexity index is 258. The molecule has 2 fully saturated rings. The van der Waals surface area contributed by atoms with Crippen molar-refractivity contribution in [1.29, 1.82) is 0 Å². The van der Waals surface area contributed by atoms with Crippen LogP contribution in [0.25, 0.3) is 0 Å². The Morgan fingerprint density at radius 3 is 2.00 bits per heavy atom. The van der Waals surface area contributed by atoms with Crippen molar-refractivity contribution in [3.8, 4) is 0 Å². The number of hydrogen-bond acceptors (Lipinski definition) is 4. The Kier molecular flexibility index (Phi) is 2.88. The van der Waals surface area contributed by atoms with Gasteiger partial charge in [0.05, 0.1) is 38.5 Å². The molecule has 0 unspecified atom stereocenters.